The lowest BCUT2D eigenvalue weighted by atomic mass is 10.0. The number of carbonyl (C=O) groups is 2. The van der Waals surface area contributed by atoms with E-state index in [2.05, 4.69) is 56.9 Å². The third-order valence-corrected chi connectivity index (χ3v) is 11.7. The molecule has 5 aromatic rings. The van der Waals surface area contributed by atoms with E-state index in [0.717, 1.165) is 93.3 Å². The Balaban J connectivity index is 0.000000204. The van der Waals surface area contributed by atoms with Gasteiger partial charge in [0.25, 0.3) is 22.9 Å². The van der Waals surface area contributed by atoms with Gasteiger partial charge in [0.05, 0.1) is 29.3 Å². The summed E-state index contributed by atoms with van der Waals surface area (Å²) in [6.45, 7) is 11.8. The van der Waals surface area contributed by atoms with Crippen molar-refractivity contribution in [3.05, 3.63) is 121 Å². The van der Waals surface area contributed by atoms with Crippen LogP contribution in [0, 0.1) is 13.8 Å². The van der Waals surface area contributed by atoms with Crippen LogP contribution in [0.1, 0.15) is 63.1 Å². The minimum absolute atomic E-state index is 0.124. The van der Waals surface area contributed by atoms with Crippen LogP contribution in [0.4, 0.5) is 0 Å². The number of pyridine rings is 2. The van der Waals surface area contributed by atoms with E-state index in [1.54, 1.807) is 31.8 Å². The van der Waals surface area contributed by atoms with Gasteiger partial charge in [0.15, 0.2) is 0 Å². The summed E-state index contributed by atoms with van der Waals surface area (Å²) in [6.07, 6.45) is 4.19. The minimum Gasteiger partial charge on any atom is -0.497 e. The number of ether oxygens (including phenoxy) is 1. The molecule has 2 saturated heterocycles. The molecule has 2 aliphatic heterocycles. The summed E-state index contributed by atoms with van der Waals surface area (Å²) in [4.78, 5) is 54.8. The maximum atomic E-state index is 12.9. The monoisotopic (exact) mass is 804 g/mol. The van der Waals surface area contributed by atoms with E-state index in [-0.39, 0.29) is 29.0 Å². The first-order chi connectivity index (χ1) is 28.5. The van der Waals surface area contributed by atoms with Crippen LogP contribution < -0.4 is 37.5 Å². The first-order valence-corrected chi connectivity index (χ1v) is 20.8. The summed E-state index contributed by atoms with van der Waals surface area (Å²) in [6, 6.07) is 23.7. The number of nitrogens with one attached hydrogen (secondary N) is 3. The summed E-state index contributed by atoms with van der Waals surface area (Å²) in [5.41, 5.74) is 11.7. The Bertz CT molecular complexity index is 2370. The van der Waals surface area contributed by atoms with Crippen molar-refractivity contribution in [3.63, 3.8) is 0 Å². The SMILES string of the molecule is CNC(=O)c1cc(=O)n(CCN2CCC(N)CC2)c2cc(OC)ccc12.CNC(=O)c1cc(=O)n(CCN2CCC(NCc3cccc(C)c3)CC2)c2cc(C)ccc12. The summed E-state index contributed by atoms with van der Waals surface area (Å²) < 4.78 is 8.85. The number of methoxy groups -OCH3 is 1. The van der Waals surface area contributed by atoms with Gasteiger partial charge in [-0.25, -0.2) is 0 Å². The van der Waals surface area contributed by atoms with Gasteiger partial charge < -0.3 is 45.4 Å². The van der Waals surface area contributed by atoms with Gasteiger partial charge in [0.1, 0.15) is 5.75 Å². The Labute approximate surface area is 346 Å². The fourth-order valence-electron chi connectivity index (χ4n) is 8.19. The number of nitrogens with two attached hydrogens (primary N) is 1. The molecule has 0 bridgehead atoms. The van der Waals surface area contributed by atoms with Gasteiger partial charge >= 0.3 is 0 Å². The van der Waals surface area contributed by atoms with Gasteiger partial charge in [-0.2, -0.15) is 0 Å². The number of fused-ring (bicyclic) bond motifs is 2. The highest BCUT2D eigenvalue weighted by Crippen LogP contribution is 2.24. The molecule has 5 N–H and O–H groups in total. The van der Waals surface area contributed by atoms with E-state index in [0.29, 0.717) is 41.5 Å². The molecule has 7 rings (SSSR count). The fourth-order valence-corrected chi connectivity index (χ4v) is 8.19. The lowest BCUT2D eigenvalue weighted by molar-refractivity contribution is 0.0956. The number of amides is 2. The molecular weight excluding hydrogens is 745 g/mol. The van der Waals surface area contributed by atoms with Gasteiger partial charge in [-0.1, -0.05) is 42.0 Å². The molecule has 2 aliphatic rings. The summed E-state index contributed by atoms with van der Waals surface area (Å²) in [5, 5.41) is 10.5. The van der Waals surface area contributed by atoms with Crippen LogP contribution in [0.5, 0.6) is 5.75 Å². The van der Waals surface area contributed by atoms with Crippen molar-refractivity contribution >= 4 is 33.6 Å². The molecule has 0 atom stereocenters. The Morgan fingerprint density at radius 3 is 1.75 bits per heavy atom. The molecule has 2 amide bonds. The number of hydrogen-bond acceptors (Lipinski definition) is 9. The van der Waals surface area contributed by atoms with E-state index < -0.39 is 0 Å². The molecule has 0 aliphatic carbocycles. The zero-order chi connectivity index (χ0) is 42.1. The molecule has 0 radical (unpaired) electrons. The highest BCUT2D eigenvalue weighted by Gasteiger charge is 2.21. The first kappa shape index (κ1) is 43.2. The molecule has 13 heteroatoms. The molecule has 2 aromatic heterocycles. The number of piperidine rings is 2. The van der Waals surface area contributed by atoms with Crippen LogP contribution in [0.25, 0.3) is 21.8 Å². The quantitative estimate of drug-likeness (QED) is 0.146. The molecule has 314 valence electrons. The summed E-state index contributed by atoms with van der Waals surface area (Å²) in [7, 11) is 4.74. The van der Waals surface area contributed by atoms with Crippen LogP contribution in [0.2, 0.25) is 0 Å². The third kappa shape index (κ3) is 10.8. The highest BCUT2D eigenvalue weighted by molar-refractivity contribution is 6.07. The number of likely N-dealkylation sites (tertiary alicyclic amines) is 2. The Morgan fingerprint density at radius 2 is 1.20 bits per heavy atom. The molecule has 0 spiro atoms. The second-order valence-electron chi connectivity index (χ2n) is 15.8. The standard InChI is InChI=1S/C27H34N4O2.C19H26N4O3/c1-19-5-4-6-21(15-19)18-29-22-9-11-30(12-10-22)13-14-31-25-16-20(2)7-8-23(25)24(17-26(31)32)27(33)28-3;1-21-19(25)16-12-18(24)23(10-9-22-7-5-13(20)6-8-22)17-11-14(26-2)3-4-15(16)17/h4-8,15-17,22,29H,9-14,18H2,1-3H3,(H,28,33);3-4,11-13H,5-10,20H2,1-2H3,(H,21,25). The summed E-state index contributed by atoms with van der Waals surface area (Å²) in [5.74, 6) is 0.159. The minimum atomic E-state index is -0.269. The van der Waals surface area contributed by atoms with E-state index in [9.17, 15) is 19.2 Å². The number of aryl methyl sites for hydroxylation is 2. The smallest absolute Gasteiger partial charge is 0.251 e. The van der Waals surface area contributed by atoms with E-state index in [1.165, 1.54) is 23.3 Å². The van der Waals surface area contributed by atoms with Crippen LogP contribution in [0.15, 0.2) is 82.4 Å². The van der Waals surface area contributed by atoms with Crippen molar-refractivity contribution in [2.24, 2.45) is 5.73 Å². The van der Waals surface area contributed by atoms with Crippen LogP contribution in [-0.4, -0.2) is 103 Å². The van der Waals surface area contributed by atoms with Gasteiger partial charge in [-0.15, -0.1) is 0 Å². The van der Waals surface area contributed by atoms with Gasteiger partial charge in [0, 0.05) is 87.9 Å². The molecule has 13 nitrogen and oxygen atoms in total. The van der Waals surface area contributed by atoms with Crippen molar-refractivity contribution in [2.75, 3.05) is 60.5 Å². The van der Waals surface area contributed by atoms with Crippen molar-refractivity contribution in [1.29, 1.82) is 0 Å². The highest BCUT2D eigenvalue weighted by atomic mass is 16.5. The van der Waals surface area contributed by atoms with Crippen LogP contribution in [-0.2, 0) is 19.6 Å². The van der Waals surface area contributed by atoms with Crippen molar-refractivity contribution in [2.45, 2.75) is 71.2 Å². The number of carbonyl (C=O) groups excluding carboxylic acids is 2. The lowest BCUT2D eigenvalue weighted by Gasteiger charge is -2.32. The Hall–Kier alpha value is -5.34. The molecule has 2 fully saturated rings. The average molecular weight is 805 g/mol. The van der Waals surface area contributed by atoms with Gasteiger partial charge in [-0.3, -0.25) is 19.2 Å². The molecule has 4 heterocycles. The van der Waals surface area contributed by atoms with E-state index in [4.69, 9.17) is 10.5 Å². The van der Waals surface area contributed by atoms with E-state index >= 15 is 0 Å². The lowest BCUT2D eigenvalue weighted by Crippen LogP contribution is -2.43. The van der Waals surface area contributed by atoms with Crippen molar-refractivity contribution in [1.82, 2.24) is 34.9 Å². The topological polar surface area (TPSA) is 156 Å². The second kappa shape index (κ2) is 20.1. The van der Waals surface area contributed by atoms with Gasteiger partial charge in [-0.05, 0) is 95.0 Å². The zero-order valence-corrected chi connectivity index (χ0v) is 35.2. The number of aromatic nitrogens is 2. The van der Waals surface area contributed by atoms with Gasteiger partial charge in [0.2, 0.25) is 0 Å². The molecule has 0 unspecified atom stereocenters. The maximum Gasteiger partial charge on any atom is 0.251 e. The fraction of sp³-hybridized carbons (Fsp3) is 0.435. The largest absolute Gasteiger partial charge is 0.497 e. The Kier molecular flexibility index (Phi) is 14.7. The average Bonchev–Trinajstić information content (AvgIpc) is 3.25. The third-order valence-electron chi connectivity index (χ3n) is 11.7. The second-order valence-corrected chi connectivity index (χ2v) is 15.8. The molecule has 0 saturated carbocycles. The van der Waals surface area contributed by atoms with E-state index in [1.807, 2.05) is 41.8 Å². The Morgan fingerprint density at radius 1 is 0.678 bits per heavy atom. The number of benzene rings is 3. The maximum absolute atomic E-state index is 12.9. The van der Waals surface area contributed by atoms with Crippen LogP contribution >= 0.6 is 0 Å². The number of hydrogen-bond donors (Lipinski definition) is 4. The number of nitrogens with zero attached hydrogens (tertiary/aromatic N) is 4. The van der Waals surface area contributed by atoms with Crippen molar-refractivity contribution < 1.29 is 14.3 Å². The summed E-state index contributed by atoms with van der Waals surface area (Å²) >= 11 is 0. The number of rotatable bonds is 12. The molecule has 3 aromatic carbocycles. The molecular formula is C46H60N8O5. The molecule has 59 heavy (non-hydrogen) atoms. The predicted octanol–water partition coefficient (Wildman–Crippen LogP) is 4.02. The normalized spacial score (nSPS) is 15.5. The zero-order valence-electron chi connectivity index (χ0n) is 35.2. The first-order valence-electron chi connectivity index (χ1n) is 20.8. The van der Waals surface area contributed by atoms with Crippen molar-refractivity contribution in [3.8, 4) is 5.75 Å². The predicted molar refractivity (Wildman–Crippen MR) is 236 cm³/mol. The van der Waals surface area contributed by atoms with Crippen LogP contribution in [0.3, 0.4) is 0 Å².